The summed E-state index contributed by atoms with van der Waals surface area (Å²) in [4.78, 5) is 24.9. The Hall–Kier alpha value is -1.10. The van der Waals surface area contributed by atoms with Gasteiger partial charge in [-0.05, 0) is 19.8 Å². The molecule has 2 fully saturated rings. The van der Waals surface area contributed by atoms with Gasteiger partial charge in [-0.25, -0.2) is 0 Å². The Labute approximate surface area is 95.1 Å². The van der Waals surface area contributed by atoms with Crippen LogP contribution in [0.25, 0.3) is 0 Å². The minimum atomic E-state index is -0.289. The Morgan fingerprint density at radius 1 is 1.44 bits per heavy atom. The largest absolute Gasteiger partial charge is 0.365 e. The van der Waals surface area contributed by atoms with E-state index in [-0.39, 0.29) is 24.0 Å². The quantitative estimate of drug-likeness (QED) is 0.679. The second-order valence-corrected chi connectivity index (χ2v) is 4.44. The van der Waals surface area contributed by atoms with Crippen LogP contribution < -0.4 is 5.32 Å². The zero-order chi connectivity index (χ0) is 11.5. The van der Waals surface area contributed by atoms with Crippen molar-refractivity contribution < 1.29 is 14.3 Å². The molecule has 2 rings (SSSR count). The average molecular weight is 226 g/mol. The highest BCUT2D eigenvalue weighted by Crippen LogP contribution is 2.21. The van der Waals surface area contributed by atoms with Crippen LogP contribution in [0.15, 0.2) is 0 Å². The molecular weight excluding hydrogens is 208 g/mol. The second-order valence-electron chi connectivity index (χ2n) is 4.44. The number of carbonyl (C=O) groups is 2. The maximum absolute atomic E-state index is 12.1. The Morgan fingerprint density at radius 3 is 2.94 bits per heavy atom. The van der Waals surface area contributed by atoms with E-state index >= 15 is 0 Å². The molecule has 0 aromatic heterocycles. The number of amides is 2. The maximum atomic E-state index is 12.1. The van der Waals surface area contributed by atoms with Crippen LogP contribution in [0.3, 0.4) is 0 Å². The van der Waals surface area contributed by atoms with Crippen LogP contribution >= 0.6 is 0 Å². The molecule has 2 saturated heterocycles. The molecule has 0 saturated carbocycles. The van der Waals surface area contributed by atoms with Crippen LogP contribution in [0.2, 0.25) is 0 Å². The van der Waals surface area contributed by atoms with Crippen molar-refractivity contribution in [3.63, 3.8) is 0 Å². The Balaban J connectivity index is 1.91. The smallest absolute Gasteiger partial charge is 0.251 e. The fourth-order valence-corrected chi connectivity index (χ4v) is 2.18. The van der Waals surface area contributed by atoms with E-state index in [4.69, 9.17) is 4.74 Å². The van der Waals surface area contributed by atoms with E-state index in [2.05, 4.69) is 5.32 Å². The molecule has 0 radical (unpaired) electrons. The van der Waals surface area contributed by atoms with Crippen molar-refractivity contribution in [3.8, 4) is 0 Å². The van der Waals surface area contributed by atoms with Crippen LogP contribution in [-0.4, -0.2) is 48.6 Å². The van der Waals surface area contributed by atoms with E-state index in [1.54, 1.807) is 4.90 Å². The normalized spacial score (nSPS) is 31.1. The highest BCUT2D eigenvalue weighted by molar-refractivity contribution is 5.83. The molecule has 0 aliphatic carbocycles. The van der Waals surface area contributed by atoms with Gasteiger partial charge in [0.2, 0.25) is 5.91 Å². The van der Waals surface area contributed by atoms with Crippen molar-refractivity contribution in [1.82, 2.24) is 10.2 Å². The van der Waals surface area contributed by atoms with Gasteiger partial charge in [-0.15, -0.1) is 0 Å². The molecule has 2 amide bonds. The number of hydrogen-bond donors (Lipinski definition) is 1. The molecule has 2 atom stereocenters. The number of nitrogens with one attached hydrogen (secondary N) is 1. The van der Waals surface area contributed by atoms with Crippen molar-refractivity contribution in [1.29, 1.82) is 0 Å². The fraction of sp³-hybridized carbons (Fsp3) is 0.818. The summed E-state index contributed by atoms with van der Waals surface area (Å²) in [5, 5.41) is 2.76. The summed E-state index contributed by atoms with van der Waals surface area (Å²) in [6, 6.07) is 0. The lowest BCUT2D eigenvalue weighted by Crippen LogP contribution is -2.41. The van der Waals surface area contributed by atoms with Gasteiger partial charge in [0.25, 0.3) is 5.91 Å². The van der Waals surface area contributed by atoms with E-state index < -0.39 is 0 Å². The van der Waals surface area contributed by atoms with E-state index in [1.165, 1.54) is 0 Å². The molecule has 16 heavy (non-hydrogen) atoms. The molecule has 5 nitrogen and oxygen atoms in total. The molecule has 2 unspecified atom stereocenters. The fourth-order valence-electron chi connectivity index (χ4n) is 2.18. The molecule has 1 N–H and O–H groups in total. The van der Waals surface area contributed by atoms with E-state index in [0.29, 0.717) is 26.1 Å². The summed E-state index contributed by atoms with van der Waals surface area (Å²) < 4.78 is 5.55. The third-order valence-corrected chi connectivity index (χ3v) is 3.13. The zero-order valence-electron chi connectivity index (χ0n) is 9.57. The first-order valence-electron chi connectivity index (χ1n) is 5.88. The predicted molar refractivity (Wildman–Crippen MR) is 57.8 cm³/mol. The molecule has 0 aromatic carbocycles. The van der Waals surface area contributed by atoms with Crippen molar-refractivity contribution in [2.75, 3.05) is 19.6 Å². The van der Waals surface area contributed by atoms with E-state index in [0.717, 1.165) is 12.8 Å². The Kier molecular flexibility index (Phi) is 3.43. The first kappa shape index (κ1) is 11.4. The highest BCUT2D eigenvalue weighted by Gasteiger charge is 2.32. The van der Waals surface area contributed by atoms with Crippen molar-refractivity contribution in [2.24, 2.45) is 0 Å². The number of ether oxygens (including phenoxy) is 1. The van der Waals surface area contributed by atoms with Crippen molar-refractivity contribution in [2.45, 2.75) is 38.4 Å². The lowest BCUT2D eigenvalue weighted by molar-refractivity contribution is -0.142. The molecule has 2 aliphatic heterocycles. The average Bonchev–Trinajstić information content (AvgIpc) is 2.57. The van der Waals surface area contributed by atoms with Gasteiger partial charge < -0.3 is 15.0 Å². The van der Waals surface area contributed by atoms with Crippen LogP contribution in [0, 0.1) is 0 Å². The zero-order valence-corrected chi connectivity index (χ0v) is 9.57. The van der Waals surface area contributed by atoms with Crippen LogP contribution in [-0.2, 0) is 14.3 Å². The highest BCUT2D eigenvalue weighted by atomic mass is 16.5. The molecule has 2 heterocycles. The standard InChI is InChI=1S/C11H18N2O3/c1-8-2-3-9(16-8)11(15)13-6-4-10(14)12-5-7-13/h8-9H,2-7H2,1H3,(H,12,14). The molecule has 2 aliphatic rings. The van der Waals surface area contributed by atoms with Gasteiger partial charge >= 0.3 is 0 Å². The third-order valence-electron chi connectivity index (χ3n) is 3.13. The van der Waals surface area contributed by atoms with Gasteiger partial charge in [0.1, 0.15) is 6.10 Å². The number of rotatable bonds is 1. The van der Waals surface area contributed by atoms with Crippen LogP contribution in [0.4, 0.5) is 0 Å². The number of nitrogens with zero attached hydrogens (tertiary/aromatic N) is 1. The molecule has 90 valence electrons. The summed E-state index contributed by atoms with van der Waals surface area (Å²) in [7, 11) is 0. The Morgan fingerprint density at radius 2 is 2.25 bits per heavy atom. The van der Waals surface area contributed by atoms with Gasteiger partial charge in [-0.3, -0.25) is 9.59 Å². The summed E-state index contributed by atoms with van der Waals surface area (Å²) in [6.45, 7) is 3.64. The van der Waals surface area contributed by atoms with Crippen molar-refractivity contribution in [3.05, 3.63) is 0 Å². The lowest BCUT2D eigenvalue weighted by Gasteiger charge is -2.23. The predicted octanol–water partition coefficient (Wildman–Crippen LogP) is -0.0976. The van der Waals surface area contributed by atoms with E-state index in [1.807, 2.05) is 6.92 Å². The molecule has 5 heteroatoms. The van der Waals surface area contributed by atoms with Gasteiger partial charge in [0.15, 0.2) is 0 Å². The summed E-state index contributed by atoms with van der Waals surface area (Å²) in [5.41, 5.74) is 0. The molecule has 0 spiro atoms. The topological polar surface area (TPSA) is 58.6 Å². The van der Waals surface area contributed by atoms with Crippen LogP contribution in [0.1, 0.15) is 26.2 Å². The molecular formula is C11H18N2O3. The Bertz CT molecular complexity index is 293. The summed E-state index contributed by atoms with van der Waals surface area (Å²) in [5.74, 6) is 0.0665. The summed E-state index contributed by atoms with van der Waals surface area (Å²) >= 11 is 0. The van der Waals surface area contributed by atoms with Gasteiger partial charge in [0, 0.05) is 26.1 Å². The monoisotopic (exact) mass is 226 g/mol. The van der Waals surface area contributed by atoms with Crippen molar-refractivity contribution >= 4 is 11.8 Å². The summed E-state index contributed by atoms with van der Waals surface area (Å²) in [6.07, 6.45) is 2.04. The minimum absolute atomic E-state index is 0.0241. The maximum Gasteiger partial charge on any atom is 0.251 e. The second kappa shape index (κ2) is 4.82. The number of carbonyl (C=O) groups excluding carboxylic acids is 2. The third kappa shape index (κ3) is 2.52. The number of hydrogen-bond acceptors (Lipinski definition) is 3. The van der Waals surface area contributed by atoms with Gasteiger partial charge in [-0.1, -0.05) is 0 Å². The van der Waals surface area contributed by atoms with E-state index in [9.17, 15) is 9.59 Å². The van der Waals surface area contributed by atoms with Gasteiger partial charge in [-0.2, -0.15) is 0 Å². The first-order chi connectivity index (χ1) is 7.66. The van der Waals surface area contributed by atoms with Crippen LogP contribution in [0.5, 0.6) is 0 Å². The van der Waals surface area contributed by atoms with Gasteiger partial charge in [0.05, 0.1) is 6.10 Å². The molecule has 0 aromatic rings. The lowest BCUT2D eigenvalue weighted by atomic mass is 10.2. The first-order valence-corrected chi connectivity index (χ1v) is 5.88. The molecule has 0 bridgehead atoms. The SMILES string of the molecule is CC1CCC(C(=O)N2CCNC(=O)CC2)O1. The minimum Gasteiger partial charge on any atom is -0.365 e.